The lowest BCUT2D eigenvalue weighted by atomic mass is 9.97. The largest absolute Gasteiger partial charge is 0.396 e. The first-order valence-corrected chi connectivity index (χ1v) is 7.38. The van der Waals surface area contributed by atoms with Crippen LogP contribution in [-0.2, 0) is 6.42 Å². The van der Waals surface area contributed by atoms with Gasteiger partial charge in [0.2, 0.25) is 0 Å². The molecule has 0 bridgehead atoms. The van der Waals surface area contributed by atoms with Gasteiger partial charge < -0.3 is 15.8 Å². The molecule has 1 saturated carbocycles. The molecule has 20 heavy (non-hydrogen) atoms. The number of anilines is 2. The summed E-state index contributed by atoms with van der Waals surface area (Å²) in [7, 11) is 0. The monoisotopic (exact) mass is 279 g/mol. The average Bonchev–Trinajstić information content (AvgIpc) is 2.93. The van der Waals surface area contributed by atoms with Crippen molar-refractivity contribution < 1.29 is 5.11 Å². The number of aliphatic hydroxyl groups is 1. The number of nitrogen functional groups attached to an aromatic ring is 1. The molecule has 112 valence electrons. The normalized spacial score (nSPS) is 22.0. The molecule has 1 aromatic heterocycles. The number of hydrogen-bond acceptors (Lipinski definition) is 6. The van der Waals surface area contributed by atoms with Crippen LogP contribution in [0.3, 0.4) is 0 Å². The summed E-state index contributed by atoms with van der Waals surface area (Å²) >= 11 is 0. The van der Waals surface area contributed by atoms with Crippen molar-refractivity contribution in [3.8, 4) is 0 Å². The van der Waals surface area contributed by atoms with E-state index in [2.05, 4.69) is 20.7 Å². The van der Waals surface area contributed by atoms with Crippen molar-refractivity contribution in [3.63, 3.8) is 0 Å². The SMILES string of the molecule is CCc1nc(NN)c(C)c(NCC2CCCC2CO)n1. The quantitative estimate of drug-likeness (QED) is 0.465. The van der Waals surface area contributed by atoms with Gasteiger partial charge in [-0.1, -0.05) is 13.3 Å². The maximum atomic E-state index is 9.37. The van der Waals surface area contributed by atoms with Crippen molar-refractivity contribution >= 4 is 11.6 Å². The molecule has 0 saturated heterocycles. The standard InChI is InChI=1S/C14H25N5O/c1-3-12-17-13(9(2)14(18-12)19-15)16-7-10-5-4-6-11(10)8-20/h10-11,20H,3-8,15H2,1-2H3,(H2,16,17,18,19). The van der Waals surface area contributed by atoms with Gasteiger partial charge in [-0.05, 0) is 31.6 Å². The molecule has 0 aromatic carbocycles. The van der Waals surface area contributed by atoms with Crippen LogP contribution in [0.1, 0.15) is 37.6 Å². The Hall–Kier alpha value is -1.40. The van der Waals surface area contributed by atoms with Crippen LogP contribution in [0.5, 0.6) is 0 Å². The summed E-state index contributed by atoms with van der Waals surface area (Å²) in [5, 5.41) is 12.8. The van der Waals surface area contributed by atoms with Gasteiger partial charge in [0.1, 0.15) is 17.5 Å². The summed E-state index contributed by atoms with van der Waals surface area (Å²) in [4.78, 5) is 8.88. The fourth-order valence-electron chi connectivity index (χ4n) is 2.88. The molecule has 1 aliphatic carbocycles. The number of aliphatic hydroxyl groups excluding tert-OH is 1. The maximum absolute atomic E-state index is 9.37. The second-order valence-electron chi connectivity index (χ2n) is 5.47. The van der Waals surface area contributed by atoms with Crippen molar-refractivity contribution in [2.45, 2.75) is 39.5 Å². The van der Waals surface area contributed by atoms with Gasteiger partial charge in [0.15, 0.2) is 0 Å². The number of nitrogens with zero attached hydrogens (tertiary/aromatic N) is 2. The number of aryl methyl sites for hydroxylation is 1. The number of rotatable bonds is 6. The van der Waals surface area contributed by atoms with E-state index < -0.39 is 0 Å². The van der Waals surface area contributed by atoms with E-state index in [0.29, 0.717) is 17.7 Å². The van der Waals surface area contributed by atoms with Crippen molar-refractivity contribution in [1.82, 2.24) is 9.97 Å². The van der Waals surface area contributed by atoms with Crippen LogP contribution < -0.4 is 16.6 Å². The zero-order valence-electron chi connectivity index (χ0n) is 12.3. The molecule has 0 radical (unpaired) electrons. The van der Waals surface area contributed by atoms with Crippen molar-refractivity contribution in [2.75, 3.05) is 23.9 Å². The Morgan fingerprint density at radius 3 is 2.60 bits per heavy atom. The number of hydrogen-bond donors (Lipinski definition) is 4. The molecule has 5 N–H and O–H groups in total. The Balaban J connectivity index is 2.08. The summed E-state index contributed by atoms with van der Waals surface area (Å²) < 4.78 is 0. The zero-order valence-corrected chi connectivity index (χ0v) is 12.3. The smallest absolute Gasteiger partial charge is 0.148 e. The number of aromatic nitrogens is 2. The first-order valence-electron chi connectivity index (χ1n) is 7.38. The van der Waals surface area contributed by atoms with Gasteiger partial charge in [0.25, 0.3) is 0 Å². The fourth-order valence-corrected chi connectivity index (χ4v) is 2.88. The molecule has 2 atom stereocenters. The summed E-state index contributed by atoms with van der Waals surface area (Å²) in [6, 6.07) is 0. The Kier molecular flexibility index (Phi) is 5.14. The van der Waals surface area contributed by atoms with E-state index in [-0.39, 0.29) is 6.61 Å². The van der Waals surface area contributed by atoms with Gasteiger partial charge in [0.05, 0.1) is 0 Å². The van der Waals surface area contributed by atoms with Gasteiger partial charge in [0, 0.05) is 25.1 Å². The van der Waals surface area contributed by atoms with Crippen molar-refractivity contribution in [3.05, 3.63) is 11.4 Å². The lowest BCUT2D eigenvalue weighted by molar-refractivity contribution is 0.199. The van der Waals surface area contributed by atoms with Crippen LogP contribution in [0.25, 0.3) is 0 Å². The molecule has 2 unspecified atom stereocenters. The molecule has 0 aliphatic heterocycles. The van der Waals surface area contributed by atoms with Crippen LogP contribution in [0.15, 0.2) is 0 Å². The highest BCUT2D eigenvalue weighted by atomic mass is 16.3. The summed E-state index contributed by atoms with van der Waals surface area (Å²) in [6.45, 7) is 5.10. The molecular formula is C14H25N5O. The van der Waals surface area contributed by atoms with Crippen LogP contribution in [0, 0.1) is 18.8 Å². The summed E-state index contributed by atoms with van der Waals surface area (Å²) in [5.74, 6) is 8.73. The van der Waals surface area contributed by atoms with E-state index in [1.807, 2.05) is 13.8 Å². The Bertz CT molecular complexity index is 451. The predicted molar refractivity (Wildman–Crippen MR) is 80.4 cm³/mol. The van der Waals surface area contributed by atoms with Crippen molar-refractivity contribution in [2.24, 2.45) is 17.7 Å². The fraction of sp³-hybridized carbons (Fsp3) is 0.714. The highest BCUT2D eigenvalue weighted by Crippen LogP contribution is 2.31. The lowest BCUT2D eigenvalue weighted by Gasteiger charge is -2.19. The van der Waals surface area contributed by atoms with Crippen LogP contribution in [0.4, 0.5) is 11.6 Å². The third kappa shape index (κ3) is 3.19. The second-order valence-corrected chi connectivity index (χ2v) is 5.47. The third-order valence-corrected chi connectivity index (χ3v) is 4.23. The summed E-state index contributed by atoms with van der Waals surface area (Å²) in [6.07, 6.45) is 4.27. The topological polar surface area (TPSA) is 96.1 Å². The molecule has 1 aliphatic rings. The van der Waals surface area contributed by atoms with E-state index in [1.54, 1.807) is 0 Å². The molecule has 1 fully saturated rings. The van der Waals surface area contributed by atoms with Crippen LogP contribution in [-0.4, -0.2) is 28.2 Å². The van der Waals surface area contributed by atoms with Crippen molar-refractivity contribution in [1.29, 1.82) is 0 Å². The van der Waals surface area contributed by atoms with Gasteiger partial charge in [-0.25, -0.2) is 15.8 Å². The van der Waals surface area contributed by atoms with Gasteiger partial charge in [-0.3, -0.25) is 0 Å². The highest BCUT2D eigenvalue weighted by Gasteiger charge is 2.26. The first-order chi connectivity index (χ1) is 9.69. The highest BCUT2D eigenvalue weighted by molar-refractivity contribution is 5.56. The Morgan fingerprint density at radius 2 is 1.95 bits per heavy atom. The Morgan fingerprint density at radius 1 is 1.25 bits per heavy atom. The molecule has 6 heteroatoms. The van der Waals surface area contributed by atoms with Crippen LogP contribution >= 0.6 is 0 Å². The van der Waals surface area contributed by atoms with E-state index in [0.717, 1.165) is 36.6 Å². The molecule has 6 nitrogen and oxygen atoms in total. The van der Waals surface area contributed by atoms with E-state index >= 15 is 0 Å². The molecule has 1 heterocycles. The molecule has 0 spiro atoms. The van der Waals surface area contributed by atoms with Gasteiger partial charge in [-0.2, -0.15) is 0 Å². The molecular weight excluding hydrogens is 254 g/mol. The predicted octanol–water partition coefficient (Wildman–Crippen LogP) is 1.45. The minimum atomic E-state index is 0.283. The average molecular weight is 279 g/mol. The molecule has 0 amide bonds. The van der Waals surface area contributed by atoms with E-state index in [1.165, 1.54) is 12.8 Å². The minimum absolute atomic E-state index is 0.283. The molecule has 2 rings (SSSR count). The van der Waals surface area contributed by atoms with E-state index in [9.17, 15) is 5.11 Å². The first kappa shape index (κ1) is 15.0. The zero-order chi connectivity index (χ0) is 14.5. The minimum Gasteiger partial charge on any atom is -0.396 e. The second kappa shape index (κ2) is 6.85. The Labute approximate surface area is 120 Å². The maximum Gasteiger partial charge on any atom is 0.148 e. The number of hydrazine groups is 1. The molecule has 1 aromatic rings. The van der Waals surface area contributed by atoms with Gasteiger partial charge >= 0.3 is 0 Å². The number of nitrogens with one attached hydrogen (secondary N) is 2. The lowest BCUT2D eigenvalue weighted by Crippen LogP contribution is -2.22. The number of nitrogens with two attached hydrogens (primary N) is 1. The van der Waals surface area contributed by atoms with E-state index in [4.69, 9.17) is 5.84 Å². The van der Waals surface area contributed by atoms with Gasteiger partial charge in [-0.15, -0.1) is 0 Å². The third-order valence-electron chi connectivity index (χ3n) is 4.23. The van der Waals surface area contributed by atoms with Crippen LogP contribution in [0.2, 0.25) is 0 Å². The summed E-state index contributed by atoms with van der Waals surface area (Å²) in [5.41, 5.74) is 3.56.